The number of hydrogen-bond donors (Lipinski definition) is 1. The number of anilines is 2. The van der Waals surface area contributed by atoms with Crippen molar-refractivity contribution in [2.24, 2.45) is 0 Å². The smallest absolute Gasteiger partial charge is 0.271 e. The van der Waals surface area contributed by atoms with Crippen LogP contribution in [0.1, 0.15) is 43.1 Å². The number of nitro groups is 1. The molecule has 144 valence electrons. The number of nitrogens with one attached hydrogen (secondary N) is 1. The zero-order valence-electron chi connectivity index (χ0n) is 15.7. The molecule has 1 aromatic carbocycles. The van der Waals surface area contributed by atoms with Gasteiger partial charge in [0.1, 0.15) is 17.2 Å². The average molecular weight is 390 g/mol. The lowest BCUT2D eigenvalue weighted by Crippen LogP contribution is -2.48. The van der Waals surface area contributed by atoms with Crippen molar-refractivity contribution in [1.29, 1.82) is 0 Å². The van der Waals surface area contributed by atoms with Crippen LogP contribution in [0.2, 0.25) is 0 Å². The van der Waals surface area contributed by atoms with Crippen LogP contribution < -0.4 is 15.0 Å². The number of benzene rings is 1. The largest absolute Gasteiger partial charge is 0.490 e. The summed E-state index contributed by atoms with van der Waals surface area (Å²) < 4.78 is 5.60. The second kappa shape index (κ2) is 7.15. The van der Waals surface area contributed by atoms with Gasteiger partial charge < -0.3 is 15.0 Å². The topological polar surface area (TPSA) is 97.6 Å². The highest BCUT2D eigenvalue weighted by atomic mass is 32.1. The standard InChI is InChI=1S/C16H16N4O4S.C2H6/c1-16(2)8-10-13(14(21)18-16)25-15(17-10)19-5-6-24-12-4-3-9(20(22)23)7-11(12)19;1-2/h3-4,7H,5-6,8H2,1-2H3,(H,18,21);1-2H3. The van der Waals surface area contributed by atoms with Gasteiger partial charge >= 0.3 is 0 Å². The lowest BCUT2D eigenvalue weighted by atomic mass is 9.94. The van der Waals surface area contributed by atoms with Crippen LogP contribution in [0.3, 0.4) is 0 Å². The fraction of sp³-hybridized carbons (Fsp3) is 0.444. The monoisotopic (exact) mass is 390 g/mol. The Hall–Kier alpha value is -2.68. The molecular formula is C18H22N4O4S. The average Bonchev–Trinajstić information content (AvgIpc) is 3.05. The van der Waals surface area contributed by atoms with Gasteiger partial charge in [0.25, 0.3) is 11.6 Å². The van der Waals surface area contributed by atoms with E-state index in [-0.39, 0.29) is 17.1 Å². The van der Waals surface area contributed by atoms with Crippen molar-refractivity contribution >= 4 is 33.8 Å². The first-order valence-corrected chi connectivity index (χ1v) is 9.67. The van der Waals surface area contributed by atoms with Gasteiger partial charge in [-0.3, -0.25) is 14.9 Å². The van der Waals surface area contributed by atoms with E-state index in [2.05, 4.69) is 10.3 Å². The highest BCUT2D eigenvalue weighted by Gasteiger charge is 2.35. The summed E-state index contributed by atoms with van der Waals surface area (Å²) in [5.41, 5.74) is 1.03. The molecule has 8 nitrogen and oxygen atoms in total. The Morgan fingerprint density at radius 1 is 1.37 bits per heavy atom. The molecule has 0 atom stereocenters. The summed E-state index contributed by atoms with van der Waals surface area (Å²) in [5.74, 6) is 0.456. The van der Waals surface area contributed by atoms with Crippen LogP contribution in [-0.4, -0.2) is 34.5 Å². The number of ether oxygens (including phenoxy) is 1. The Kier molecular flexibility index (Phi) is 5.05. The zero-order chi connectivity index (χ0) is 19.8. The van der Waals surface area contributed by atoms with Crippen LogP contribution in [0.25, 0.3) is 0 Å². The second-order valence-electron chi connectivity index (χ2n) is 6.70. The number of carbonyl (C=O) groups excluding carboxylic acids is 1. The molecule has 2 aromatic rings. The van der Waals surface area contributed by atoms with E-state index in [9.17, 15) is 14.9 Å². The summed E-state index contributed by atoms with van der Waals surface area (Å²) in [6, 6.07) is 4.51. The molecule has 9 heteroatoms. The molecule has 0 fully saturated rings. The number of thiazole rings is 1. The van der Waals surface area contributed by atoms with Gasteiger partial charge in [-0.25, -0.2) is 4.98 Å². The van der Waals surface area contributed by atoms with Crippen LogP contribution in [0, 0.1) is 10.1 Å². The maximum absolute atomic E-state index is 12.3. The molecule has 2 aliphatic rings. The number of nitrogens with zero attached hydrogens (tertiary/aromatic N) is 3. The predicted molar refractivity (Wildman–Crippen MR) is 104 cm³/mol. The van der Waals surface area contributed by atoms with Gasteiger partial charge in [0.05, 0.1) is 22.8 Å². The van der Waals surface area contributed by atoms with Gasteiger partial charge in [-0.2, -0.15) is 0 Å². The second-order valence-corrected chi connectivity index (χ2v) is 7.67. The molecule has 0 saturated carbocycles. The summed E-state index contributed by atoms with van der Waals surface area (Å²) in [5, 5.41) is 14.7. The number of hydrogen-bond acceptors (Lipinski definition) is 7. The minimum Gasteiger partial charge on any atom is -0.490 e. The maximum Gasteiger partial charge on any atom is 0.271 e. The molecule has 0 spiro atoms. The van der Waals surface area contributed by atoms with E-state index in [1.54, 1.807) is 6.07 Å². The fourth-order valence-electron chi connectivity index (χ4n) is 3.10. The van der Waals surface area contributed by atoms with Crippen molar-refractivity contribution in [3.63, 3.8) is 0 Å². The van der Waals surface area contributed by atoms with Crippen LogP contribution in [0.5, 0.6) is 5.75 Å². The van der Waals surface area contributed by atoms with E-state index in [1.807, 2.05) is 32.6 Å². The number of amides is 1. The van der Waals surface area contributed by atoms with Gasteiger partial charge in [0.15, 0.2) is 5.13 Å². The number of rotatable bonds is 2. The lowest BCUT2D eigenvalue weighted by Gasteiger charge is -2.29. The van der Waals surface area contributed by atoms with Crippen LogP contribution in [0.15, 0.2) is 18.2 Å². The molecule has 27 heavy (non-hydrogen) atoms. The Morgan fingerprint density at radius 2 is 2.11 bits per heavy atom. The first-order valence-electron chi connectivity index (χ1n) is 8.85. The van der Waals surface area contributed by atoms with Gasteiger partial charge in [-0.05, 0) is 19.9 Å². The van der Waals surface area contributed by atoms with Gasteiger partial charge in [-0.1, -0.05) is 25.2 Å². The Morgan fingerprint density at radius 3 is 2.81 bits per heavy atom. The maximum atomic E-state index is 12.3. The van der Waals surface area contributed by atoms with E-state index in [0.29, 0.717) is 41.0 Å². The summed E-state index contributed by atoms with van der Waals surface area (Å²) in [4.78, 5) is 30.1. The SMILES string of the molecule is CC.CC1(C)Cc2nc(N3CCOc4ccc([N+](=O)[O-])cc43)sc2C(=O)N1. The van der Waals surface area contributed by atoms with E-state index in [1.165, 1.54) is 23.5 Å². The third kappa shape index (κ3) is 3.59. The highest BCUT2D eigenvalue weighted by Crippen LogP contribution is 2.42. The highest BCUT2D eigenvalue weighted by molar-refractivity contribution is 7.17. The number of nitro benzene ring substituents is 1. The Bertz CT molecular complexity index is 893. The van der Waals surface area contributed by atoms with Crippen molar-refractivity contribution in [2.45, 2.75) is 39.7 Å². The van der Waals surface area contributed by atoms with Gasteiger partial charge in [-0.15, -0.1) is 0 Å². The molecule has 1 aromatic heterocycles. The van der Waals surface area contributed by atoms with E-state index < -0.39 is 4.92 Å². The minimum atomic E-state index is -0.435. The summed E-state index contributed by atoms with van der Waals surface area (Å²) in [6.45, 7) is 8.89. The van der Waals surface area contributed by atoms with Crippen molar-refractivity contribution in [3.8, 4) is 5.75 Å². The Balaban J connectivity index is 0.00000102. The third-order valence-corrected chi connectivity index (χ3v) is 5.32. The normalized spacial score (nSPS) is 16.9. The van der Waals surface area contributed by atoms with E-state index >= 15 is 0 Å². The number of aromatic nitrogens is 1. The molecule has 0 bridgehead atoms. The van der Waals surface area contributed by atoms with E-state index in [0.717, 1.165) is 5.69 Å². The summed E-state index contributed by atoms with van der Waals surface area (Å²) in [6.07, 6.45) is 0.650. The van der Waals surface area contributed by atoms with Crippen molar-refractivity contribution < 1.29 is 14.5 Å². The fourth-order valence-corrected chi connectivity index (χ4v) is 4.11. The van der Waals surface area contributed by atoms with E-state index in [4.69, 9.17) is 4.74 Å². The molecule has 2 aliphatic heterocycles. The van der Waals surface area contributed by atoms with Gasteiger partial charge in [0, 0.05) is 24.1 Å². The quantitative estimate of drug-likeness (QED) is 0.621. The first kappa shape index (κ1) is 19.1. The third-order valence-electron chi connectivity index (χ3n) is 4.20. The van der Waals surface area contributed by atoms with Gasteiger partial charge in [0.2, 0.25) is 0 Å². The first-order chi connectivity index (χ1) is 12.8. The Labute approximate surface area is 161 Å². The van der Waals surface area contributed by atoms with Crippen molar-refractivity contribution in [2.75, 3.05) is 18.1 Å². The van der Waals surface area contributed by atoms with Crippen LogP contribution in [0.4, 0.5) is 16.5 Å². The number of carbonyl (C=O) groups is 1. The molecule has 0 radical (unpaired) electrons. The molecule has 0 unspecified atom stereocenters. The molecular weight excluding hydrogens is 368 g/mol. The summed E-state index contributed by atoms with van der Waals surface area (Å²) in [7, 11) is 0. The van der Waals surface area contributed by atoms with Crippen molar-refractivity contribution in [3.05, 3.63) is 38.9 Å². The van der Waals surface area contributed by atoms with Crippen molar-refractivity contribution in [1.82, 2.24) is 10.3 Å². The zero-order valence-corrected chi connectivity index (χ0v) is 16.6. The molecule has 1 amide bonds. The minimum absolute atomic E-state index is 0.00514. The van der Waals surface area contributed by atoms with Crippen LogP contribution in [-0.2, 0) is 6.42 Å². The lowest BCUT2D eigenvalue weighted by molar-refractivity contribution is -0.384. The molecule has 0 saturated heterocycles. The number of non-ortho nitro benzene ring substituents is 1. The molecule has 4 rings (SSSR count). The predicted octanol–water partition coefficient (Wildman–Crippen LogP) is 3.67. The molecule has 3 heterocycles. The molecule has 1 N–H and O–H groups in total. The summed E-state index contributed by atoms with van der Waals surface area (Å²) >= 11 is 1.31. The number of fused-ring (bicyclic) bond motifs is 2. The molecule has 0 aliphatic carbocycles. The van der Waals surface area contributed by atoms with Crippen LogP contribution >= 0.6 is 11.3 Å².